The molecule has 1 heterocycles. The zero-order valence-electron chi connectivity index (χ0n) is 17.3. The predicted octanol–water partition coefficient (Wildman–Crippen LogP) is 3.14. The molecule has 0 aromatic heterocycles. The first-order chi connectivity index (χ1) is 13.4. The van der Waals surface area contributed by atoms with Gasteiger partial charge in [0.05, 0.1) is 14.2 Å². The van der Waals surface area contributed by atoms with E-state index in [-0.39, 0.29) is 11.3 Å². The van der Waals surface area contributed by atoms with E-state index < -0.39 is 0 Å². The largest absolute Gasteiger partial charge is 0.497 e. The number of rotatable bonds is 8. The smallest absolute Gasteiger partial charge is 0.228 e. The standard InChI is InChI=1S/C22H32N2O4/c1-22(10-11-22)21(26)24-12-4-5-16(15-24)6-9-20(25)23-14-17-7-8-18(27-2)13-19(17)28-3/h7-8,13,16H,4-6,9-12,14-15H2,1-3H3,(H,23,25). The molecule has 2 amide bonds. The Labute approximate surface area is 167 Å². The lowest BCUT2D eigenvalue weighted by atomic mass is 9.92. The van der Waals surface area contributed by atoms with Gasteiger partial charge >= 0.3 is 0 Å². The fourth-order valence-electron chi connectivity index (χ4n) is 3.88. The Morgan fingerprint density at radius 2 is 2.04 bits per heavy atom. The lowest BCUT2D eigenvalue weighted by Gasteiger charge is -2.34. The molecule has 1 saturated heterocycles. The number of piperidine rings is 1. The van der Waals surface area contributed by atoms with Crippen molar-refractivity contribution in [2.45, 2.75) is 52.0 Å². The van der Waals surface area contributed by atoms with Crippen LogP contribution in [0.5, 0.6) is 11.5 Å². The average Bonchev–Trinajstić information content (AvgIpc) is 3.48. The third-order valence-corrected chi connectivity index (χ3v) is 6.07. The Kier molecular flexibility index (Phi) is 6.47. The van der Waals surface area contributed by atoms with E-state index in [9.17, 15) is 9.59 Å². The number of methoxy groups -OCH3 is 2. The van der Waals surface area contributed by atoms with Crippen molar-refractivity contribution in [2.75, 3.05) is 27.3 Å². The fourth-order valence-corrected chi connectivity index (χ4v) is 3.88. The molecule has 6 heteroatoms. The summed E-state index contributed by atoms with van der Waals surface area (Å²) >= 11 is 0. The van der Waals surface area contributed by atoms with E-state index in [1.54, 1.807) is 14.2 Å². The number of ether oxygens (including phenoxy) is 2. The monoisotopic (exact) mass is 388 g/mol. The molecular weight excluding hydrogens is 356 g/mol. The predicted molar refractivity (Wildman–Crippen MR) is 107 cm³/mol. The number of carbonyl (C=O) groups is 2. The molecule has 1 unspecified atom stereocenters. The normalized spacial score (nSPS) is 20.4. The lowest BCUT2D eigenvalue weighted by molar-refractivity contribution is -0.138. The second-order valence-electron chi connectivity index (χ2n) is 8.31. The van der Waals surface area contributed by atoms with Crippen molar-refractivity contribution in [2.24, 2.45) is 11.3 Å². The van der Waals surface area contributed by atoms with Crippen LogP contribution < -0.4 is 14.8 Å². The highest BCUT2D eigenvalue weighted by Crippen LogP contribution is 2.47. The van der Waals surface area contributed by atoms with Crippen LogP contribution in [-0.2, 0) is 16.1 Å². The molecule has 0 radical (unpaired) electrons. The Hall–Kier alpha value is -2.24. The third-order valence-electron chi connectivity index (χ3n) is 6.07. The fraction of sp³-hybridized carbons (Fsp3) is 0.636. The maximum atomic E-state index is 12.6. The molecular formula is C22H32N2O4. The molecule has 154 valence electrons. The van der Waals surface area contributed by atoms with Crippen LogP contribution in [0.3, 0.4) is 0 Å². The summed E-state index contributed by atoms with van der Waals surface area (Å²) < 4.78 is 10.6. The molecule has 3 rings (SSSR count). The Bertz CT molecular complexity index is 714. The molecule has 1 aromatic rings. The van der Waals surface area contributed by atoms with Gasteiger partial charge in [-0.05, 0) is 50.2 Å². The molecule has 28 heavy (non-hydrogen) atoms. The molecule has 1 aliphatic carbocycles. The van der Waals surface area contributed by atoms with Gasteiger partial charge in [-0.3, -0.25) is 9.59 Å². The maximum Gasteiger partial charge on any atom is 0.228 e. The average molecular weight is 389 g/mol. The Morgan fingerprint density at radius 3 is 2.71 bits per heavy atom. The summed E-state index contributed by atoms with van der Waals surface area (Å²) in [6, 6.07) is 5.58. The summed E-state index contributed by atoms with van der Waals surface area (Å²) in [5.41, 5.74) is 0.820. The van der Waals surface area contributed by atoms with E-state index in [2.05, 4.69) is 12.2 Å². The van der Waals surface area contributed by atoms with Gasteiger partial charge in [0.25, 0.3) is 0 Å². The second kappa shape index (κ2) is 8.84. The molecule has 6 nitrogen and oxygen atoms in total. The van der Waals surface area contributed by atoms with E-state index in [0.29, 0.717) is 30.5 Å². The van der Waals surface area contributed by atoms with E-state index in [0.717, 1.165) is 56.5 Å². The van der Waals surface area contributed by atoms with Crippen LogP contribution in [0, 0.1) is 11.3 Å². The summed E-state index contributed by atoms with van der Waals surface area (Å²) in [6.45, 7) is 4.17. The third kappa shape index (κ3) is 4.97. The molecule has 1 aliphatic heterocycles. The van der Waals surface area contributed by atoms with Gasteiger partial charge in [0.1, 0.15) is 11.5 Å². The van der Waals surface area contributed by atoms with Crippen molar-refractivity contribution in [1.29, 1.82) is 0 Å². The van der Waals surface area contributed by atoms with E-state index >= 15 is 0 Å². The second-order valence-corrected chi connectivity index (χ2v) is 8.31. The minimum absolute atomic E-state index is 0.0375. The number of carbonyl (C=O) groups excluding carboxylic acids is 2. The molecule has 0 bridgehead atoms. The summed E-state index contributed by atoms with van der Waals surface area (Å²) in [5.74, 6) is 2.20. The van der Waals surface area contributed by atoms with Crippen LogP contribution in [-0.4, -0.2) is 44.0 Å². The van der Waals surface area contributed by atoms with Crippen LogP contribution in [0.2, 0.25) is 0 Å². The highest BCUT2D eigenvalue weighted by atomic mass is 16.5. The number of nitrogens with one attached hydrogen (secondary N) is 1. The molecule has 1 atom stereocenters. The van der Waals surface area contributed by atoms with Gasteiger partial charge in [0, 0.05) is 43.1 Å². The molecule has 2 aliphatic rings. The van der Waals surface area contributed by atoms with Gasteiger partial charge in [-0.15, -0.1) is 0 Å². The molecule has 0 spiro atoms. The van der Waals surface area contributed by atoms with Gasteiger partial charge < -0.3 is 19.7 Å². The van der Waals surface area contributed by atoms with E-state index in [1.165, 1.54) is 0 Å². The quantitative estimate of drug-likeness (QED) is 0.743. The molecule has 1 N–H and O–H groups in total. The van der Waals surface area contributed by atoms with Crippen molar-refractivity contribution < 1.29 is 19.1 Å². The number of likely N-dealkylation sites (tertiary alicyclic amines) is 1. The molecule has 1 saturated carbocycles. The first-order valence-corrected chi connectivity index (χ1v) is 10.2. The van der Waals surface area contributed by atoms with Crippen molar-refractivity contribution in [3.8, 4) is 11.5 Å². The first-order valence-electron chi connectivity index (χ1n) is 10.2. The number of hydrogen-bond acceptors (Lipinski definition) is 4. The molecule has 1 aromatic carbocycles. The van der Waals surface area contributed by atoms with E-state index in [1.807, 2.05) is 23.1 Å². The summed E-state index contributed by atoms with van der Waals surface area (Å²) in [6.07, 6.45) is 5.49. The Morgan fingerprint density at radius 1 is 1.25 bits per heavy atom. The highest BCUT2D eigenvalue weighted by molar-refractivity contribution is 5.85. The summed E-state index contributed by atoms with van der Waals surface area (Å²) in [5, 5.41) is 2.98. The van der Waals surface area contributed by atoms with Crippen LogP contribution >= 0.6 is 0 Å². The SMILES string of the molecule is COc1ccc(CNC(=O)CCC2CCCN(C(=O)C3(C)CC3)C2)c(OC)c1. The zero-order valence-corrected chi connectivity index (χ0v) is 17.3. The summed E-state index contributed by atoms with van der Waals surface area (Å²) in [4.78, 5) is 26.9. The van der Waals surface area contributed by atoms with Crippen molar-refractivity contribution in [3.05, 3.63) is 23.8 Å². The summed E-state index contributed by atoms with van der Waals surface area (Å²) in [7, 11) is 3.22. The van der Waals surface area contributed by atoms with Crippen molar-refractivity contribution in [1.82, 2.24) is 10.2 Å². The van der Waals surface area contributed by atoms with Crippen LogP contribution in [0.25, 0.3) is 0 Å². The Balaban J connectivity index is 1.43. The maximum absolute atomic E-state index is 12.6. The van der Waals surface area contributed by atoms with E-state index in [4.69, 9.17) is 9.47 Å². The van der Waals surface area contributed by atoms with Gasteiger partial charge in [-0.2, -0.15) is 0 Å². The zero-order chi connectivity index (χ0) is 20.1. The highest BCUT2D eigenvalue weighted by Gasteiger charge is 2.47. The first kappa shape index (κ1) is 20.5. The van der Waals surface area contributed by atoms with Crippen LogP contribution in [0.15, 0.2) is 18.2 Å². The van der Waals surface area contributed by atoms with Crippen molar-refractivity contribution in [3.63, 3.8) is 0 Å². The van der Waals surface area contributed by atoms with Crippen LogP contribution in [0.1, 0.15) is 51.0 Å². The topological polar surface area (TPSA) is 67.9 Å². The van der Waals surface area contributed by atoms with Gasteiger partial charge in [-0.1, -0.05) is 6.92 Å². The number of benzene rings is 1. The lowest BCUT2D eigenvalue weighted by Crippen LogP contribution is -2.43. The minimum atomic E-state index is -0.101. The van der Waals surface area contributed by atoms with Crippen LogP contribution in [0.4, 0.5) is 0 Å². The van der Waals surface area contributed by atoms with Gasteiger partial charge in [-0.25, -0.2) is 0 Å². The van der Waals surface area contributed by atoms with Gasteiger partial charge in [0.15, 0.2) is 0 Å². The van der Waals surface area contributed by atoms with Crippen molar-refractivity contribution >= 4 is 11.8 Å². The molecule has 2 fully saturated rings. The minimum Gasteiger partial charge on any atom is -0.497 e. The number of nitrogens with zero attached hydrogens (tertiary/aromatic N) is 1. The number of hydrogen-bond donors (Lipinski definition) is 1. The number of amides is 2. The van der Waals surface area contributed by atoms with Gasteiger partial charge in [0.2, 0.25) is 11.8 Å².